The molecule has 0 unspecified atom stereocenters. The number of hydrogen-bond acceptors (Lipinski definition) is 4. The molecular weight excluding hydrogens is 284 g/mol. The molecule has 4 nitrogen and oxygen atoms in total. The first kappa shape index (κ1) is 15.6. The predicted octanol–water partition coefficient (Wildman–Crippen LogP) is 2.59. The third-order valence-electron chi connectivity index (χ3n) is 3.37. The first-order chi connectivity index (χ1) is 9.97. The Hall–Kier alpha value is -1.75. The van der Waals surface area contributed by atoms with Gasteiger partial charge in [-0.25, -0.2) is 18.4 Å². The molecule has 112 valence electrons. The molecule has 0 spiro atoms. The quantitative estimate of drug-likeness (QED) is 0.823. The van der Waals surface area contributed by atoms with Crippen molar-refractivity contribution >= 4 is 9.84 Å². The van der Waals surface area contributed by atoms with E-state index in [0.717, 1.165) is 29.8 Å². The van der Waals surface area contributed by atoms with Gasteiger partial charge in [0.2, 0.25) is 0 Å². The normalized spacial score (nSPS) is 11.8. The smallest absolute Gasteiger partial charge is 0.156 e. The van der Waals surface area contributed by atoms with E-state index in [4.69, 9.17) is 0 Å². The minimum atomic E-state index is -3.04. The van der Waals surface area contributed by atoms with Gasteiger partial charge in [-0.2, -0.15) is 0 Å². The van der Waals surface area contributed by atoms with Gasteiger partial charge in [-0.1, -0.05) is 24.3 Å². The van der Waals surface area contributed by atoms with Crippen LogP contribution in [0.3, 0.4) is 0 Å². The maximum absolute atomic E-state index is 11.9. The fraction of sp³-hybridized carbons (Fsp3) is 0.375. The average molecular weight is 304 g/mol. The van der Waals surface area contributed by atoms with E-state index in [1.54, 1.807) is 32.3 Å². The molecule has 0 amide bonds. The van der Waals surface area contributed by atoms with Crippen molar-refractivity contribution in [2.45, 2.75) is 37.7 Å². The number of hydrogen-bond donors (Lipinski definition) is 0. The Morgan fingerprint density at radius 2 is 1.52 bits per heavy atom. The Kier molecular flexibility index (Phi) is 5.07. The van der Waals surface area contributed by atoms with Crippen LogP contribution < -0.4 is 0 Å². The van der Waals surface area contributed by atoms with Crippen molar-refractivity contribution in [2.24, 2.45) is 0 Å². The molecule has 2 aromatic rings. The summed E-state index contributed by atoms with van der Waals surface area (Å²) >= 11 is 0. The lowest BCUT2D eigenvalue weighted by atomic mass is 10.1. The number of benzene rings is 1. The van der Waals surface area contributed by atoms with Crippen molar-refractivity contribution in [3.05, 3.63) is 59.7 Å². The monoisotopic (exact) mass is 304 g/mol. The van der Waals surface area contributed by atoms with Gasteiger partial charge in [0, 0.05) is 18.8 Å². The van der Waals surface area contributed by atoms with E-state index in [-0.39, 0.29) is 11.0 Å². The molecule has 0 aliphatic carbocycles. The molecule has 1 aromatic heterocycles. The van der Waals surface area contributed by atoms with Gasteiger partial charge < -0.3 is 0 Å². The lowest BCUT2D eigenvalue weighted by Crippen LogP contribution is -2.15. The second-order valence-corrected chi connectivity index (χ2v) is 7.89. The Labute approximate surface area is 126 Å². The third kappa shape index (κ3) is 4.63. The maximum atomic E-state index is 11.9. The van der Waals surface area contributed by atoms with Crippen LogP contribution in [0.15, 0.2) is 42.7 Å². The second-order valence-electron chi connectivity index (χ2n) is 5.34. The maximum Gasteiger partial charge on any atom is 0.156 e. The Bertz CT molecular complexity index is 665. The zero-order valence-electron chi connectivity index (χ0n) is 12.4. The van der Waals surface area contributed by atoms with Crippen LogP contribution in [0.2, 0.25) is 0 Å². The number of aryl methyl sites for hydroxylation is 2. The average Bonchev–Trinajstić information content (AvgIpc) is 2.47. The van der Waals surface area contributed by atoms with Crippen LogP contribution in [-0.4, -0.2) is 23.6 Å². The summed E-state index contributed by atoms with van der Waals surface area (Å²) in [4.78, 5) is 8.38. The van der Waals surface area contributed by atoms with Gasteiger partial charge in [-0.15, -0.1) is 0 Å². The van der Waals surface area contributed by atoms with Crippen molar-refractivity contribution in [2.75, 3.05) is 0 Å². The lowest BCUT2D eigenvalue weighted by Gasteiger charge is -2.08. The predicted molar refractivity (Wildman–Crippen MR) is 83.6 cm³/mol. The van der Waals surface area contributed by atoms with Crippen LogP contribution >= 0.6 is 0 Å². The SMILES string of the molecule is CC(C)S(=O)(=O)Cc1ccc(CCc2ncccn2)cc1. The van der Waals surface area contributed by atoms with E-state index in [0.29, 0.717) is 0 Å². The minimum absolute atomic E-state index is 0.104. The highest BCUT2D eigenvalue weighted by molar-refractivity contribution is 7.91. The fourth-order valence-electron chi connectivity index (χ4n) is 1.92. The molecule has 2 rings (SSSR count). The fourth-order valence-corrected chi connectivity index (χ4v) is 2.91. The molecule has 0 aliphatic heterocycles. The summed E-state index contributed by atoms with van der Waals surface area (Å²) in [5, 5.41) is -0.340. The van der Waals surface area contributed by atoms with Crippen LogP contribution in [0.25, 0.3) is 0 Å². The number of nitrogens with zero attached hydrogens (tertiary/aromatic N) is 2. The molecule has 0 bridgehead atoms. The van der Waals surface area contributed by atoms with E-state index >= 15 is 0 Å². The molecule has 1 aromatic carbocycles. The van der Waals surface area contributed by atoms with Crippen molar-refractivity contribution < 1.29 is 8.42 Å². The van der Waals surface area contributed by atoms with Crippen LogP contribution in [0.4, 0.5) is 0 Å². The molecule has 5 heteroatoms. The summed E-state index contributed by atoms with van der Waals surface area (Å²) in [6, 6.07) is 9.54. The summed E-state index contributed by atoms with van der Waals surface area (Å²) in [7, 11) is -3.04. The van der Waals surface area contributed by atoms with E-state index in [1.807, 2.05) is 24.3 Å². The molecule has 0 saturated carbocycles. The summed E-state index contributed by atoms with van der Waals surface area (Å²) < 4.78 is 23.8. The van der Waals surface area contributed by atoms with Crippen LogP contribution in [0, 0.1) is 0 Å². The van der Waals surface area contributed by atoms with E-state index in [9.17, 15) is 8.42 Å². The Morgan fingerprint density at radius 1 is 0.952 bits per heavy atom. The van der Waals surface area contributed by atoms with Crippen molar-refractivity contribution in [3.63, 3.8) is 0 Å². The molecule has 21 heavy (non-hydrogen) atoms. The highest BCUT2D eigenvalue weighted by Crippen LogP contribution is 2.13. The third-order valence-corrected chi connectivity index (χ3v) is 5.54. The van der Waals surface area contributed by atoms with Crippen LogP contribution in [0.1, 0.15) is 30.8 Å². The first-order valence-electron chi connectivity index (χ1n) is 7.02. The zero-order valence-corrected chi connectivity index (χ0v) is 13.2. The van der Waals surface area contributed by atoms with Crippen molar-refractivity contribution in [1.29, 1.82) is 0 Å². The van der Waals surface area contributed by atoms with Gasteiger partial charge in [0.05, 0.1) is 11.0 Å². The van der Waals surface area contributed by atoms with Gasteiger partial charge in [-0.05, 0) is 37.5 Å². The second kappa shape index (κ2) is 6.80. The summed E-state index contributed by atoms with van der Waals surface area (Å²) in [6.45, 7) is 3.42. The molecule has 1 heterocycles. The Morgan fingerprint density at radius 3 is 2.10 bits per heavy atom. The summed E-state index contributed by atoms with van der Waals surface area (Å²) in [5.74, 6) is 0.927. The van der Waals surface area contributed by atoms with Gasteiger partial charge in [0.15, 0.2) is 9.84 Å². The number of sulfone groups is 1. The topological polar surface area (TPSA) is 59.9 Å². The van der Waals surface area contributed by atoms with Gasteiger partial charge in [-0.3, -0.25) is 0 Å². The minimum Gasteiger partial charge on any atom is -0.241 e. The highest BCUT2D eigenvalue weighted by Gasteiger charge is 2.16. The zero-order chi connectivity index (χ0) is 15.3. The van der Waals surface area contributed by atoms with E-state index < -0.39 is 9.84 Å². The lowest BCUT2D eigenvalue weighted by molar-refractivity contribution is 0.586. The molecule has 0 radical (unpaired) electrons. The molecule has 0 N–H and O–H groups in total. The van der Waals surface area contributed by atoms with E-state index in [2.05, 4.69) is 9.97 Å². The van der Waals surface area contributed by atoms with Gasteiger partial charge >= 0.3 is 0 Å². The van der Waals surface area contributed by atoms with Crippen molar-refractivity contribution in [3.8, 4) is 0 Å². The molecule has 0 saturated heterocycles. The first-order valence-corrected chi connectivity index (χ1v) is 8.74. The molecule has 0 aliphatic rings. The molecular formula is C16H20N2O2S. The number of aromatic nitrogens is 2. The van der Waals surface area contributed by atoms with Gasteiger partial charge in [0.25, 0.3) is 0 Å². The van der Waals surface area contributed by atoms with Crippen molar-refractivity contribution in [1.82, 2.24) is 9.97 Å². The van der Waals surface area contributed by atoms with Crippen LogP contribution in [0.5, 0.6) is 0 Å². The molecule has 0 atom stereocenters. The van der Waals surface area contributed by atoms with Crippen LogP contribution in [-0.2, 0) is 28.4 Å². The standard InChI is InChI=1S/C16H20N2O2S/c1-13(2)21(19,20)12-15-6-4-14(5-7-15)8-9-16-17-10-3-11-18-16/h3-7,10-11,13H,8-9,12H2,1-2H3. The van der Waals surface area contributed by atoms with Gasteiger partial charge in [0.1, 0.15) is 5.82 Å². The highest BCUT2D eigenvalue weighted by atomic mass is 32.2. The largest absolute Gasteiger partial charge is 0.241 e. The molecule has 0 fully saturated rings. The summed E-state index contributed by atoms with van der Waals surface area (Å²) in [5.41, 5.74) is 2.00. The Balaban J connectivity index is 1.96. The van der Waals surface area contributed by atoms with E-state index in [1.165, 1.54) is 0 Å². The summed E-state index contributed by atoms with van der Waals surface area (Å²) in [6.07, 6.45) is 5.11. The number of rotatable bonds is 6.